The summed E-state index contributed by atoms with van der Waals surface area (Å²) in [6.45, 7) is 5.28. The maximum Gasteiger partial charge on any atom is 0.160 e. The summed E-state index contributed by atoms with van der Waals surface area (Å²) in [5, 5.41) is 0. The van der Waals surface area contributed by atoms with E-state index < -0.39 is 0 Å². The maximum atomic E-state index is 6.26. The second kappa shape index (κ2) is 5.96. The molecule has 0 saturated carbocycles. The first-order valence-electron chi connectivity index (χ1n) is 6.84. The number of imidazole rings is 1. The van der Waals surface area contributed by atoms with Gasteiger partial charge >= 0.3 is 0 Å². The quantitative estimate of drug-likeness (QED) is 0.852. The molecule has 1 unspecified atom stereocenters. The molecule has 0 aliphatic carbocycles. The summed E-state index contributed by atoms with van der Waals surface area (Å²) in [6, 6.07) is 3.95. The maximum absolute atomic E-state index is 6.26. The van der Waals surface area contributed by atoms with Crippen molar-refractivity contribution < 1.29 is 0 Å². The van der Waals surface area contributed by atoms with Gasteiger partial charge in [0.2, 0.25) is 0 Å². The highest BCUT2D eigenvalue weighted by atomic mass is 15.1. The summed E-state index contributed by atoms with van der Waals surface area (Å²) in [6.07, 6.45) is 6.18. The molecule has 0 spiro atoms. The lowest BCUT2D eigenvalue weighted by Crippen LogP contribution is -2.17. The van der Waals surface area contributed by atoms with Crippen molar-refractivity contribution in [3.05, 3.63) is 24.2 Å². The van der Waals surface area contributed by atoms with Crippen molar-refractivity contribution in [1.29, 1.82) is 0 Å². The third-order valence-corrected chi connectivity index (χ3v) is 3.18. The minimum atomic E-state index is 0.0192. The zero-order chi connectivity index (χ0) is 13.0. The molecule has 0 bridgehead atoms. The Bertz CT molecular complexity index is 503. The monoisotopic (exact) mass is 246 g/mol. The summed E-state index contributed by atoms with van der Waals surface area (Å²) in [5.41, 5.74) is 8.18. The van der Waals surface area contributed by atoms with E-state index in [1.54, 1.807) is 0 Å². The van der Waals surface area contributed by atoms with Crippen molar-refractivity contribution in [2.75, 3.05) is 0 Å². The minimum absolute atomic E-state index is 0.0192. The SMILES string of the molecule is CCCCC(N)c1nc2cccnc2n1CCC. The van der Waals surface area contributed by atoms with E-state index in [2.05, 4.69) is 28.4 Å². The van der Waals surface area contributed by atoms with Crippen molar-refractivity contribution in [2.24, 2.45) is 5.73 Å². The molecule has 4 heteroatoms. The average Bonchev–Trinajstić information content (AvgIpc) is 2.76. The number of unbranched alkanes of at least 4 members (excludes halogenated alkanes) is 1. The fraction of sp³-hybridized carbons (Fsp3) is 0.571. The van der Waals surface area contributed by atoms with Crippen LogP contribution in [0.4, 0.5) is 0 Å². The van der Waals surface area contributed by atoms with Gasteiger partial charge in [0, 0.05) is 12.7 Å². The molecule has 98 valence electrons. The Morgan fingerprint density at radius 2 is 2.17 bits per heavy atom. The van der Waals surface area contributed by atoms with Crippen molar-refractivity contribution in [3.63, 3.8) is 0 Å². The van der Waals surface area contributed by atoms with Crippen LogP contribution in [-0.4, -0.2) is 14.5 Å². The van der Waals surface area contributed by atoms with Crippen LogP contribution in [0.25, 0.3) is 11.2 Å². The lowest BCUT2D eigenvalue weighted by Gasteiger charge is -2.13. The number of pyridine rings is 1. The predicted molar refractivity (Wildman–Crippen MR) is 74.3 cm³/mol. The molecule has 2 aromatic rings. The number of aromatic nitrogens is 3. The standard InChI is InChI=1S/C14H22N4/c1-3-5-7-11(15)13-17-12-8-6-9-16-14(12)18(13)10-4-2/h6,8-9,11H,3-5,7,10,15H2,1-2H3. The van der Waals surface area contributed by atoms with Gasteiger partial charge in [-0.3, -0.25) is 0 Å². The van der Waals surface area contributed by atoms with Crippen LogP contribution in [0.5, 0.6) is 0 Å². The van der Waals surface area contributed by atoms with E-state index in [0.29, 0.717) is 0 Å². The number of hydrogen-bond acceptors (Lipinski definition) is 3. The molecular formula is C14H22N4. The van der Waals surface area contributed by atoms with E-state index in [0.717, 1.165) is 42.8 Å². The van der Waals surface area contributed by atoms with Gasteiger partial charge in [0.05, 0.1) is 6.04 Å². The topological polar surface area (TPSA) is 56.7 Å². The van der Waals surface area contributed by atoms with Crippen LogP contribution < -0.4 is 5.73 Å². The second-order valence-electron chi connectivity index (χ2n) is 4.72. The van der Waals surface area contributed by atoms with Gasteiger partial charge < -0.3 is 10.3 Å². The second-order valence-corrected chi connectivity index (χ2v) is 4.72. The fourth-order valence-corrected chi connectivity index (χ4v) is 2.26. The number of nitrogens with two attached hydrogens (primary N) is 1. The molecule has 4 nitrogen and oxygen atoms in total. The minimum Gasteiger partial charge on any atom is -0.321 e. The third kappa shape index (κ3) is 2.53. The molecule has 2 heterocycles. The number of fused-ring (bicyclic) bond motifs is 1. The summed E-state index contributed by atoms with van der Waals surface area (Å²) >= 11 is 0. The van der Waals surface area contributed by atoms with Gasteiger partial charge in [-0.05, 0) is 25.0 Å². The molecule has 0 fully saturated rings. The molecular weight excluding hydrogens is 224 g/mol. The van der Waals surface area contributed by atoms with Crippen LogP contribution in [0.3, 0.4) is 0 Å². The normalized spacial score (nSPS) is 13.1. The molecule has 0 amide bonds. The van der Waals surface area contributed by atoms with Crippen LogP contribution in [-0.2, 0) is 6.54 Å². The van der Waals surface area contributed by atoms with Gasteiger partial charge in [-0.15, -0.1) is 0 Å². The van der Waals surface area contributed by atoms with Gasteiger partial charge in [-0.2, -0.15) is 0 Å². The van der Waals surface area contributed by atoms with Crippen molar-refractivity contribution in [3.8, 4) is 0 Å². The first kappa shape index (κ1) is 13.0. The van der Waals surface area contributed by atoms with Gasteiger partial charge in [0.25, 0.3) is 0 Å². The molecule has 0 aliphatic rings. The number of rotatable bonds is 6. The molecule has 1 atom stereocenters. The highest BCUT2D eigenvalue weighted by molar-refractivity contribution is 5.71. The van der Waals surface area contributed by atoms with Gasteiger partial charge in [0.1, 0.15) is 11.3 Å². The summed E-state index contributed by atoms with van der Waals surface area (Å²) in [4.78, 5) is 9.09. The van der Waals surface area contributed by atoms with Crippen LogP contribution in [0.15, 0.2) is 18.3 Å². The van der Waals surface area contributed by atoms with Crippen LogP contribution in [0.2, 0.25) is 0 Å². The van der Waals surface area contributed by atoms with Crippen molar-refractivity contribution in [1.82, 2.24) is 14.5 Å². The van der Waals surface area contributed by atoms with Gasteiger partial charge in [-0.1, -0.05) is 26.7 Å². The third-order valence-electron chi connectivity index (χ3n) is 3.18. The Balaban J connectivity index is 2.38. The van der Waals surface area contributed by atoms with Crippen molar-refractivity contribution >= 4 is 11.2 Å². The first-order chi connectivity index (χ1) is 8.77. The number of nitrogens with zero attached hydrogens (tertiary/aromatic N) is 3. The fourth-order valence-electron chi connectivity index (χ4n) is 2.26. The smallest absolute Gasteiger partial charge is 0.160 e. The van der Waals surface area contributed by atoms with E-state index in [1.165, 1.54) is 6.42 Å². The Kier molecular flexibility index (Phi) is 4.31. The molecule has 2 N–H and O–H groups in total. The van der Waals surface area contributed by atoms with Crippen LogP contribution >= 0.6 is 0 Å². The predicted octanol–water partition coefficient (Wildman–Crippen LogP) is 3.03. The van der Waals surface area contributed by atoms with Crippen molar-refractivity contribution in [2.45, 2.75) is 52.1 Å². The largest absolute Gasteiger partial charge is 0.321 e. The Morgan fingerprint density at radius 1 is 1.33 bits per heavy atom. The Labute approximate surface area is 108 Å². The highest BCUT2D eigenvalue weighted by Gasteiger charge is 2.16. The molecule has 0 aromatic carbocycles. The zero-order valence-electron chi connectivity index (χ0n) is 11.3. The van der Waals surface area contributed by atoms with E-state index in [-0.39, 0.29) is 6.04 Å². The number of hydrogen-bond donors (Lipinski definition) is 1. The van der Waals surface area contributed by atoms with Crippen LogP contribution in [0.1, 0.15) is 51.4 Å². The molecule has 18 heavy (non-hydrogen) atoms. The molecule has 2 rings (SSSR count). The molecule has 0 radical (unpaired) electrons. The highest BCUT2D eigenvalue weighted by Crippen LogP contribution is 2.21. The van der Waals surface area contributed by atoms with Gasteiger partial charge in [-0.25, -0.2) is 9.97 Å². The molecule has 2 aromatic heterocycles. The first-order valence-corrected chi connectivity index (χ1v) is 6.84. The number of aryl methyl sites for hydroxylation is 1. The van der Waals surface area contributed by atoms with E-state index >= 15 is 0 Å². The van der Waals surface area contributed by atoms with E-state index in [9.17, 15) is 0 Å². The zero-order valence-corrected chi connectivity index (χ0v) is 11.3. The molecule has 0 saturated heterocycles. The van der Waals surface area contributed by atoms with Gasteiger partial charge in [0.15, 0.2) is 5.65 Å². The summed E-state index contributed by atoms with van der Waals surface area (Å²) < 4.78 is 2.18. The van der Waals surface area contributed by atoms with Crippen LogP contribution in [0, 0.1) is 0 Å². The lowest BCUT2D eigenvalue weighted by atomic mass is 10.1. The summed E-state index contributed by atoms with van der Waals surface area (Å²) in [7, 11) is 0. The van der Waals surface area contributed by atoms with E-state index in [1.807, 2.05) is 18.3 Å². The molecule has 0 aliphatic heterocycles. The van der Waals surface area contributed by atoms with E-state index in [4.69, 9.17) is 5.73 Å². The lowest BCUT2D eigenvalue weighted by molar-refractivity contribution is 0.535. The summed E-state index contributed by atoms with van der Waals surface area (Å²) in [5.74, 6) is 0.985. The average molecular weight is 246 g/mol. The Morgan fingerprint density at radius 3 is 2.89 bits per heavy atom. The Hall–Kier alpha value is -1.42.